The van der Waals surface area contributed by atoms with Crippen molar-refractivity contribution in [1.82, 2.24) is 24.9 Å². The number of anilines is 2. The van der Waals surface area contributed by atoms with Gasteiger partial charge in [0, 0.05) is 49.1 Å². The molecule has 0 bridgehead atoms. The molecule has 4 heterocycles. The van der Waals surface area contributed by atoms with Gasteiger partial charge in [0.1, 0.15) is 5.82 Å². The third-order valence-corrected chi connectivity index (χ3v) is 6.29. The fourth-order valence-electron chi connectivity index (χ4n) is 4.18. The molecule has 1 amide bonds. The van der Waals surface area contributed by atoms with Gasteiger partial charge in [0.25, 0.3) is 5.91 Å². The minimum atomic E-state index is -0.202. The van der Waals surface area contributed by atoms with E-state index in [1.807, 2.05) is 37.4 Å². The van der Waals surface area contributed by atoms with Crippen LogP contribution in [-0.2, 0) is 11.3 Å². The van der Waals surface area contributed by atoms with Crippen molar-refractivity contribution in [2.45, 2.75) is 25.8 Å². The molecule has 2 N–H and O–H groups in total. The van der Waals surface area contributed by atoms with E-state index in [2.05, 4.69) is 26.0 Å². The molecule has 0 spiro atoms. The molecule has 1 unspecified atom stereocenters. The molecule has 0 aliphatic carbocycles. The fraction of sp³-hybridized carbons (Fsp3) is 0.269. The summed E-state index contributed by atoms with van der Waals surface area (Å²) in [5, 5.41) is 4.09. The maximum atomic E-state index is 13.8. The minimum Gasteiger partial charge on any atom is -0.383 e. The summed E-state index contributed by atoms with van der Waals surface area (Å²) in [5.41, 5.74) is 9.99. The largest absolute Gasteiger partial charge is 0.383 e. The molecule has 0 saturated carbocycles. The number of ether oxygens (including phenoxy) is 1. The zero-order valence-corrected chi connectivity index (χ0v) is 19.8. The summed E-state index contributed by atoms with van der Waals surface area (Å²) in [6.45, 7) is 3.66. The standard InChI is InChI=1S/C26H27N7O2/c1-17-12-21-13-18(5-7-23(21)31-24(17)27)25(34)33(32(2)26-28-9-3-10-29-26)15-22-6-4-19(14-30-22)20-8-11-35-16-20/h3-7,9-10,12-14,20H,8,11,15-16H2,1-2H3,(H2,27,31). The summed E-state index contributed by atoms with van der Waals surface area (Å²) in [6, 6.07) is 13.1. The highest BCUT2D eigenvalue weighted by Crippen LogP contribution is 2.25. The highest BCUT2D eigenvalue weighted by atomic mass is 16.5. The Labute approximate surface area is 203 Å². The van der Waals surface area contributed by atoms with Crippen molar-refractivity contribution in [1.29, 1.82) is 0 Å². The molecule has 1 fully saturated rings. The zero-order chi connectivity index (χ0) is 24.4. The molecule has 178 valence electrons. The van der Waals surface area contributed by atoms with Gasteiger partial charge in [-0.1, -0.05) is 6.07 Å². The molecule has 9 heteroatoms. The van der Waals surface area contributed by atoms with E-state index in [1.165, 1.54) is 0 Å². The number of hydrogen-bond acceptors (Lipinski definition) is 8. The quantitative estimate of drug-likeness (QED) is 0.427. The van der Waals surface area contributed by atoms with Gasteiger partial charge in [-0.25, -0.2) is 20.0 Å². The minimum absolute atomic E-state index is 0.202. The average molecular weight is 470 g/mol. The van der Waals surface area contributed by atoms with E-state index >= 15 is 0 Å². The maximum absolute atomic E-state index is 13.8. The van der Waals surface area contributed by atoms with Crippen LogP contribution in [-0.4, -0.2) is 51.1 Å². The van der Waals surface area contributed by atoms with Crippen molar-refractivity contribution in [2.24, 2.45) is 0 Å². The van der Waals surface area contributed by atoms with Crippen molar-refractivity contribution in [3.8, 4) is 0 Å². The van der Waals surface area contributed by atoms with Crippen LogP contribution in [0.2, 0.25) is 0 Å². The van der Waals surface area contributed by atoms with Gasteiger partial charge in [-0.05, 0) is 60.9 Å². The number of hydrazine groups is 1. The molecule has 1 aliphatic heterocycles. The first-order chi connectivity index (χ1) is 17.0. The lowest BCUT2D eigenvalue weighted by molar-refractivity contribution is 0.0727. The number of carbonyl (C=O) groups excluding carboxylic acids is 1. The predicted molar refractivity (Wildman–Crippen MR) is 134 cm³/mol. The van der Waals surface area contributed by atoms with Crippen molar-refractivity contribution in [2.75, 3.05) is 31.0 Å². The van der Waals surface area contributed by atoms with Gasteiger partial charge in [-0.2, -0.15) is 0 Å². The first-order valence-corrected chi connectivity index (χ1v) is 11.5. The summed E-state index contributed by atoms with van der Waals surface area (Å²) < 4.78 is 5.50. The highest BCUT2D eigenvalue weighted by Gasteiger charge is 2.24. The lowest BCUT2D eigenvalue weighted by atomic mass is 10.0. The summed E-state index contributed by atoms with van der Waals surface area (Å²) in [7, 11) is 1.77. The van der Waals surface area contributed by atoms with Gasteiger partial charge >= 0.3 is 0 Å². The molecule has 35 heavy (non-hydrogen) atoms. The van der Waals surface area contributed by atoms with Crippen LogP contribution in [0.5, 0.6) is 0 Å². The van der Waals surface area contributed by atoms with E-state index in [-0.39, 0.29) is 12.5 Å². The Balaban J connectivity index is 1.46. The van der Waals surface area contributed by atoms with Crippen LogP contribution in [0.4, 0.5) is 11.8 Å². The van der Waals surface area contributed by atoms with Crippen molar-refractivity contribution in [3.05, 3.63) is 83.4 Å². The van der Waals surface area contributed by atoms with Crippen LogP contribution in [0, 0.1) is 6.92 Å². The smallest absolute Gasteiger partial charge is 0.272 e. The molecule has 1 atom stereocenters. The Morgan fingerprint density at radius 2 is 1.97 bits per heavy atom. The van der Waals surface area contributed by atoms with E-state index < -0.39 is 0 Å². The summed E-state index contributed by atoms with van der Waals surface area (Å²) in [5.74, 6) is 1.06. The second-order valence-electron chi connectivity index (χ2n) is 8.68. The number of amides is 1. The van der Waals surface area contributed by atoms with Gasteiger partial charge in [-0.15, -0.1) is 0 Å². The van der Waals surface area contributed by atoms with Gasteiger partial charge in [0.15, 0.2) is 0 Å². The van der Waals surface area contributed by atoms with Crippen LogP contribution in [0.25, 0.3) is 10.9 Å². The fourth-order valence-corrected chi connectivity index (χ4v) is 4.18. The molecule has 4 aromatic rings. The van der Waals surface area contributed by atoms with Crippen molar-refractivity contribution >= 4 is 28.6 Å². The number of nitrogens with zero attached hydrogens (tertiary/aromatic N) is 6. The second kappa shape index (κ2) is 9.63. The summed E-state index contributed by atoms with van der Waals surface area (Å²) >= 11 is 0. The highest BCUT2D eigenvalue weighted by molar-refractivity contribution is 5.98. The number of fused-ring (bicyclic) bond motifs is 1. The monoisotopic (exact) mass is 469 g/mol. The molecule has 0 radical (unpaired) electrons. The molecular formula is C26H27N7O2. The predicted octanol–water partition coefficient (Wildman–Crippen LogP) is 3.51. The van der Waals surface area contributed by atoms with E-state index in [0.29, 0.717) is 23.2 Å². The second-order valence-corrected chi connectivity index (χ2v) is 8.68. The molecule has 5 rings (SSSR count). The number of carbonyl (C=O) groups is 1. The van der Waals surface area contributed by atoms with Crippen LogP contribution in [0.15, 0.2) is 61.1 Å². The number of nitrogens with two attached hydrogens (primary N) is 1. The van der Waals surface area contributed by atoms with Crippen LogP contribution in [0.1, 0.15) is 39.5 Å². The van der Waals surface area contributed by atoms with Crippen LogP contribution < -0.4 is 10.7 Å². The Morgan fingerprint density at radius 1 is 1.14 bits per heavy atom. The molecule has 1 aliphatic rings. The number of aryl methyl sites for hydroxylation is 1. The van der Waals surface area contributed by atoms with Gasteiger partial charge in [0.2, 0.25) is 5.95 Å². The topological polar surface area (TPSA) is 110 Å². The molecule has 9 nitrogen and oxygen atoms in total. The maximum Gasteiger partial charge on any atom is 0.272 e. The van der Waals surface area contributed by atoms with Crippen LogP contribution >= 0.6 is 0 Å². The number of nitrogen functional groups attached to an aromatic ring is 1. The first kappa shape index (κ1) is 22.7. The lowest BCUT2D eigenvalue weighted by Gasteiger charge is -2.31. The Kier molecular flexibility index (Phi) is 6.24. The van der Waals surface area contributed by atoms with Crippen LogP contribution in [0.3, 0.4) is 0 Å². The van der Waals surface area contributed by atoms with Gasteiger partial charge in [-0.3, -0.25) is 14.8 Å². The molecule has 1 aromatic carbocycles. The van der Waals surface area contributed by atoms with Gasteiger partial charge < -0.3 is 10.5 Å². The molecular weight excluding hydrogens is 442 g/mol. The third-order valence-electron chi connectivity index (χ3n) is 6.29. The van der Waals surface area contributed by atoms with Crippen molar-refractivity contribution in [3.63, 3.8) is 0 Å². The molecule has 3 aromatic heterocycles. The van der Waals surface area contributed by atoms with E-state index in [4.69, 9.17) is 10.5 Å². The molecule has 1 saturated heterocycles. The first-order valence-electron chi connectivity index (χ1n) is 11.5. The van der Waals surface area contributed by atoms with Crippen molar-refractivity contribution < 1.29 is 9.53 Å². The Hall–Kier alpha value is -4.11. The van der Waals surface area contributed by atoms with E-state index in [1.54, 1.807) is 41.6 Å². The normalized spacial score (nSPS) is 15.3. The number of hydrogen-bond donors (Lipinski definition) is 1. The van der Waals surface area contributed by atoms with E-state index in [0.717, 1.165) is 47.4 Å². The SMILES string of the molecule is Cc1cc2cc(C(=O)N(Cc3ccc(C4CCOC4)cn3)N(C)c3ncccn3)ccc2nc1N. The number of pyridine rings is 2. The summed E-state index contributed by atoms with van der Waals surface area (Å²) in [6.07, 6.45) is 6.17. The number of benzene rings is 1. The Bertz CT molecular complexity index is 1340. The number of aromatic nitrogens is 4. The average Bonchev–Trinajstić information content (AvgIpc) is 3.43. The lowest BCUT2D eigenvalue weighted by Crippen LogP contribution is -2.45. The van der Waals surface area contributed by atoms with Gasteiger partial charge in [0.05, 0.1) is 24.4 Å². The Morgan fingerprint density at radius 3 is 2.69 bits per heavy atom. The summed E-state index contributed by atoms with van der Waals surface area (Å²) in [4.78, 5) is 31.5. The number of rotatable bonds is 6. The third kappa shape index (κ3) is 4.76. The van der Waals surface area contributed by atoms with E-state index in [9.17, 15) is 4.79 Å². The zero-order valence-electron chi connectivity index (χ0n) is 19.8.